The predicted octanol–water partition coefficient (Wildman–Crippen LogP) is 0.961. The number of primary sulfonamides is 1. The number of hydrogen-bond acceptors (Lipinski definition) is 4. The number of amides is 1. The highest BCUT2D eigenvalue weighted by Gasteiger charge is 2.15. The van der Waals surface area contributed by atoms with Crippen molar-refractivity contribution in [3.63, 3.8) is 0 Å². The van der Waals surface area contributed by atoms with E-state index in [9.17, 15) is 13.2 Å². The molecule has 0 spiro atoms. The molecule has 0 saturated heterocycles. The van der Waals surface area contributed by atoms with E-state index in [0.29, 0.717) is 0 Å². The number of methoxy groups -OCH3 is 1. The van der Waals surface area contributed by atoms with E-state index in [1.807, 2.05) is 0 Å². The van der Waals surface area contributed by atoms with Gasteiger partial charge >= 0.3 is 0 Å². The zero-order chi connectivity index (χ0) is 13.9. The summed E-state index contributed by atoms with van der Waals surface area (Å²) in [4.78, 5) is 11.4. The quantitative estimate of drug-likeness (QED) is 0.863. The van der Waals surface area contributed by atoms with Crippen LogP contribution in [-0.2, 0) is 19.6 Å². The molecule has 6 nitrogen and oxygen atoms in total. The van der Waals surface area contributed by atoms with Gasteiger partial charge in [0.1, 0.15) is 6.10 Å². The maximum atomic E-state index is 11.6. The van der Waals surface area contributed by atoms with Crippen molar-refractivity contribution in [1.82, 2.24) is 0 Å². The van der Waals surface area contributed by atoms with Gasteiger partial charge in [-0.25, -0.2) is 13.6 Å². The summed E-state index contributed by atoms with van der Waals surface area (Å²) in [5, 5.41) is 7.65. The van der Waals surface area contributed by atoms with Crippen LogP contribution in [0.5, 0.6) is 0 Å². The highest BCUT2D eigenvalue weighted by Crippen LogP contribution is 2.24. The van der Waals surface area contributed by atoms with Crippen LogP contribution in [0.25, 0.3) is 0 Å². The van der Waals surface area contributed by atoms with Gasteiger partial charge in [-0.15, -0.1) is 0 Å². The predicted molar refractivity (Wildman–Crippen MR) is 67.9 cm³/mol. The van der Waals surface area contributed by atoms with E-state index in [1.54, 1.807) is 6.92 Å². The Morgan fingerprint density at radius 1 is 1.50 bits per heavy atom. The minimum atomic E-state index is -3.84. The number of nitrogens with one attached hydrogen (secondary N) is 1. The molecule has 1 aromatic carbocycles. The molecule has 0 bridgehead atoms. The number of carbonyl (C=O) groups excluding carboxylic acids is 1. The van der Waals surface area contributed by atoms with Crippen molar-refractivity contribution in [3.05, 3.63) is 23.2 Å². The Kier molecular flexibility index (Phi) is 4.69. The third kappa shape index (κ3) is 3.67. The summed E-state index contributed by atoms with van der Waals surface area (Å²) in [6.07, 6.45) is -0.681. The second-order valence-corrected chi connectivity index (χ2v) is 5.52. The van der Waals surface area contributed by atoms with Gasteiger partial charge in [-0.3, -0.25) is 4.79 Å². The molecule has 1 aromatic rings. The summed E-state index contributed by atoms with van der Waals surface area (Å²) < 4.78 is 27.2. The summed E-state index contributed by atoms with van der Waals surface area (Å²) in [5.74, 6) is -0.439. The largest absolute Gasteiger partial charge is 0.372 e. The Balaban J connectivity index is 3.06. The summed E-state index contributed by atoms with van der Waals surface area (Å²) in [6.45, 7) is 1.55. The van der Waals surface area contributed by atoms with Crippen LogP contribution in [0.15, 0.2) is 23.1 Å². The van der Waals surface area contributed by atoms with E-state index in [-0.39, 0.29) is 15.6 Å². The van der Waals surface area contributed by atoms with E-state index < -0.39 is 22.0 Å². The van der Waals surface area contributed by atoms with Gasteiger partial charge in [-0.2, -0.15) is 0 Å². The molecule has 1 unspecified atom stereocenters. The molecule has 0 aliphatic heterocycles. The first-order chi connectivity index (χ1) is 8.25. The molecule has 0 radical (unpaired) electrons. The lowest BCUT2D eigenvalue weighted by molar-refractivity contribution is -0.124. The van der Waals surface area contributed by atoms with Gasteiger partial charge in [0.2, 0.25) is 10.0 Å². The van der Waals surface area contributed by atoms with Crippen LogP contribution >= 0.6 is 11.6 Å². The first-order valence-corrected chi connectivity index (χ1v) is 6.84. The average Bonchev–Trinajstić information content (AvgIpc) is 2.29. The molecule has 1 amide bonds. The van der Waals surface area contributed by atoms with Crippen molar-refractivity contribution in [1.29, 1.82) is 0 Å². The van der Waals surface area contributed by atoms with Gasteiger partial charge in [0.25, 0.3) is 5.91 Å². The van der Waals surface area contributed by atoms with E-state index in [2.05, 4.69) is 5.32 Å². The Morgan fingerprint density at radius 3 is 2.61 bits per heavy atom. The number of ether oxygens (including phenoxy) is 1. The number of carbonyl (C=O) groups is 1. The van der Waals surface area contributed by atoms with E-state index in [1.165, 1.54) is 25.3 Å². The molecule has 0 fully saturated rings. The topological polar surface area (TPSA) is 98.5 Å². The molecular formula is C10H13ClN2O4S. The maximum Gasteiger partial charge on any atom is 0.253 e. The molecule has 0 aliphatic carbocycles. The molecule has 0 aliphatic rings. The molecule has 1 atom stereocenters. The molecular weight excluding hydrogens is 280 g/mol. The van der Waals surface area contributed by atoms with Gasteiger partial charge < -0.3 is 10.1 Å². The van der Waals surface area contributed by atoms with Crippen LogP contribution in [0, 0.1) is 0 Å². The van der Waals surface area contributed by atoms with Crippen molar-refractivity contribution in [2.75, 3.05) is 12.4 Å². The van der Waals surface area contributed by atoms with Crippen LogP contribution in [-0.4, -0.2) is 27.5 Å². The van der Waals surface area contributed by atoms with E-state index in [0.717, 1.165) is 0 Å². The molecule has 3 N–H and O–H groups in total. The second-order valence-electron chi connectivity index (χ2n) is 3.55. The summed E-state index contributed by atoms with van der Waals surface area (Å²) in [5.41, 5.74) is 0.164. The number of hydrogen-bond donors (Lipinski definition) is 2. The summed E-state index contributed by atoms with van der Waals surface area (Å²) >= 11 is 5.85. The number of rotatable bonds is 4. The van der Waals surface area contributed by atoms with E-state index in [4.69, 9.17) is 21.5 Å². The fraction of sp³-hybridized carbons (Fsp3) is 0.300. The third-order valence-corrected chi connectivity index (χ3v) is 3.49. The van der Waals surface area contributed by atoms with Crippen LogP contribution in [0.1, 0.15) is 6.92 Å². The lowest BCUT2D eigenvalue weighted by Gasteiger charge is -2.12. The van der Waals surface area contributed by atoms with Crippen molar-refractivity contribution in [2.45, 2.75) is 17.9 Å². The number of sulfonamides is 1. The average molecular weight is 293 g/mol. The highest BCUT2D eigenvalue weighted by molar-refractivity contribution is 7.89. The molecule has 0 aromatic heterocycles. The first-order valence-electron chi connectivity index (χ1n) is 4.91. The molecule has 0 saturated carbocycles. The first kappa shape index (κ1) is 14.9. The van der Waals surface area contributed by atoms with Gasteiger partial charge in [0, 0.05) is 7.11 Å². The molecule has 100 valence electrons. The Morgan fingerprint density at radius 2 is 2.11 bits per heavy atom. The van der Waals surface area contributed by atoms with Gasteiger partial charge in [-0.1, -0.05) is 11.6 Å². The van der Waals surface area contributed by atoms with Crippen molar-refractivity contribution in [3.8, 4) is 0 Å². The monoisotopic (exact) mass is 292 g/mol. The van der Waals surface area contributed by atoms with Gasteiger partial charge in [0.05, 0.1) is 15.6 Å². The summed E-state index contributed by atoms with van der Waals surface area (Å²) in [6, 6.07) is 3.79. The number of anilines is 1. The number of benzene rings is 1. The van der Waals surface area contributed by atoms with Crippen LogP contribution < -0.4 is 10.5 Å². The van der Waals surface area contributed by atoms with Gasteiger partial charge in [0.15, 0.2) is 0 Å². The normalized spacial score (nSPS) is 13.1. The zero-order valence-corrected chi connectivity index (χ0v) is 11.4. The van der Waals surface area contributed by atoms with Crippen LogP contribution in [0.2, 0.25) is 5.02 Å². The van der Waals surface area contributed by atoms with Crippen molar-refractivity contribution in [2.24, 2.45) is 5.14 Å². The van der Waals surface area contributed by atoms with Crippen molar-refractivity contribution >= 4 is 33.2 Å². The minimum Gasteiger partial charge on any atom is -0.372 e. The SMILES string of the molecule is COC(C)C(=O)Nc1cc(S(N)(=O)=O)ccc1Cl. The molecule has 8 heteroatoms. The highest BCUT2D eigenvalue weighted by atomic mass is 35.5. The fourth-order valence-corrected chi connectivity index (χ4v) is 1.82. The Labute approximate surface area is 110 Å². The lowest BCUT2D eigenvalue weighted by atomic mass is 10.3. The maximum absolute atomic E-state index is 11.6. The number of halogens is 1. The van der Waals surface area contributed by atoms with Crippen LogP contribution in [0.3, 0.4) is 0 Å². The third-order valence-electron chi connectivity index (χ3n) is 2.25. The summed E-state index contributed by atoms with van der Waals surface area (Å²) in [7, 11) is -2.46. The molecule has 0 heterocycles. The molecule has 18 heavy (non-hydrogen) atoms. The smallest absolute Gasteiger partial charge is 0.253 e. The Bertz CT molecular complexity index is 559. The lowest BCUT2D eigenvalue weighted by Crippen LogP contribution is -2.26. The fourth-order valence-electron chi connectivity index (χ4n) is 1.12. The Hall–Kier alpha value is -1.15. The van der Waals surface area contributed by atoms with E-state index >= 15 is 0 Å². The number of nitrogens with two attached hydrogens (primary N) is 1. The minimum absolute atomic E-state index is 0.132. The van der Waals surface area contributed by atoms with Gasteiger partial charge in [-0.05, 0) is 25.1 Å². The standard InChI is InChI=1S/C10H13ClN2O4S/c1-6(17-2)10(14)13-9-5-7(18(12,15)16)3-4-8(9)11/h3-6H,1-2H3,(H,13,14)(H2,12,15,16). The second kappa shape index (κ2) is 5.66. The van der Waals surface area contributed by atoms with Crippen molar-refractivity contribution < 1.29 is 17.9 Å². The zero-order valence-electron chi connectivity index (χ0n) is 9.81. The molecule has 1 rings (SSSR count). The van der Waals surface area contributed by atoms with Crippen LogP contribution in [0.4, 0.5) is 5.69 Å².